The van der Waals surface area contributed by atoms with Gasteiger partial charge in [0.05, 0.1) is 6.54 Å². The van der Waals surface area contributed by atoms with E-state index in [2.05, 4.69) is 4.98 Å². The van der Waals surface area contributed by atoms with E-state index in [9.17, 15) is 9.59 Å². The van der Waals surface area contributed by atoms with Gasteiger partial charge in [0.25, 0.3) is 0 Å². The molecule has 1 aromatic heterocycles. The molecule has 7 nitrogen and oxygen atoms in total. The van der Waals surface area contributed by atoms with E-state index in [1.54, 1.807) is 5.38 Å². The highest BCUT2D eigenvalue weighted by molar-refractivity contribution is 7.13. The Morgan fingerprint density at radius 3 is 2.67 bits per heavy atom. The van der Waals surface area contributed by atoms with Crippen LogP contribution in [0.1, 0.15) is 0 Å². The fourth-order valence-electron chi connectivity index (χ4n) is 0.862. The molecule has 1 unspecified atom stereocenters. The summed E-state index contributed by atoms with van der Waals surface area (Å²) in [6.07, 6.45) is 0.157. The number of hydrogen-bond donors (Lipinski definition) is 3. The Hall–Kier alpha value is -1.67. The van der Waals surface area contributed by atoms with E-state index in [1.165, 1.54) is 6.20 Å². The van der Waals surface area contributed by atoms with Gasteiger partial charge in [0.1, 0.15) is 6.04 Å². The molecule has 0 saturated carbocycles. The van der Waals surface area contributed by atoms with Gasteiger partial charge >= 0.3 is 12.1 Å². The second kappa shape index (κ2) is 4.71. The lowest BCUT2D eigenvalue weighted by molar-refractivity contribution is -0.138. The molecule has 1 amide bonds. The summed E-state index contributed by atoms with van der Waals surface area (Å²) >= 11 is 1.10. The van der Waals surface area contributed by atoms with Crippen LogP contribution in [0.2, 0.25) is 0 Å². The van der Waals surface area contributed by atoms with Gasteiger partial charge < -0.3 is 15.9 Å². The van der Waals surface area contributed by atoms with Crippen molar-refractivity contribution in [3.63, 3.8) is 0 Å². The zero-order valence-corrected chi connectivity index (χ0v) is 8.35. The highest BCUT2D eigenvalue weighted by atomic mass is 32.1. The van der Waals surface area contributed by atoms with Crippen LogP contribution in [0.15, 0.2) is 11.6 Å². The third kappa shape index (κ3) is 2.89. The van der Waals surface area contributed by atoms with Gasteiger partial charge in [-0.15, -0.1) is 11.3 Å². The number of aromatic nitrogens is 1. The predicted octanol–water partition coefficient (Wildman–Crippen LogP) is 0.0394. The van der Waals surface area contributed by atoms with E-state index >= 15 is 0 Å². The van der Waals surface area contributed by atoms with Crippen molar-refractivity contribution in [2.75, 3.05) is 11.4 Å². The van der Waals surface area contributed by atoms with Crippen LogP contribution in [0.3, 0.4) is 0 Å². The van der Waals surface area contributed by atoms with Crippen LogP contribution in [-0.4, -0.2) is 39.8 Å². The monoisotopic (exact) mass is 231 g/mol. The van der Waals surface area contributed by atoms with Crippen molar-refractivity contribution in [2.24, 2.45) is 5.73 Å². The zero-order valence-electron chi connectivity index (χ0n) is 7.53. The number of carboxylic acids is 1. The van der Waals surface area contributed by atoms with E-state index in [0.29, 0.717) is 0 Å². The molecule has 0 bridgehead atoms. The van der Waals surface area contributed by atoms with E-state index in [4.69, 9.17) is 15.9 Å². The van der Waals surface area contributed by atoms with Crippen molar-refractivity contribution in [1.82, 2.24) is 4.98 Å². The fourth-order valence-corrected chi connectivity index (χ4v) is 1.51. The van der Waals surface area contributed by atoms with Crippen LogP contribution in [0.4, 0.5) is 9.93 Å². The SMILES string of the molecule is NC(CN(C(=O)O)c1nccs1)C(=O)O. The summed E-state index contributed by atoms with van der Waals surface area (Å²) in [6, 6.07) is -1.26. The number of rotatable bonds is 4. The Balaban J connectivity index is 2.77. The number of anilines is 1. The number of carbonyl (C=O) groups is 2. The lowest BCUT2D eigenvalue weighted by atomic mass is 10.3. The van der Waals surface area contributed by atoms with E-state index in [-0.39, 0.29) is 11.7 Å². The van der Waals surface area contributed by atoms with Crippen LogP contribution in [0.25, 0.3) is 0 Å². The molecule has 1 heterocycles. The number of nitrogens with zero attached hydrogens (tertiary/aromatic N) is 2. The zero-order chi connectivity index (χ0) is 11.4. The number of amides is 1. The van der Waals surface area contributed by atoms with E-state index in [1.807, 2.05) is 0 Å². The van der Waals surface area contributed by atoms with E-state index in [0.717, 1.165) is 16.2 Å². The molecule has 0 aliphatic heterocycles. The first-order chi connectivity index (χ1) is 7.02. The summed E-state index contributed by atoms with van der Waals surface area (Å²) in [7, 11) is 0. The van der Waals surface area contributed by atoms with Crippen LogP contribution in [0, 0.1) is 0 Å². The Morgan fingerprint density at radius 2 is 2.27 bits per heavy atom. The van der Waals surface area contributed by atoms with Gasteiger partial charge in [-0.1, -0.05) is 0 Å². The highest BCUT2D eigenvalue weighted by Crippen LogP contribution is 2.17. The molecule has 0 aliphatic rings. The van der Waals surface area contributed by atoms with Gasteiger partial charge in [0.2, 0.25) is 0 Å². The number of thiazole rings is 1. The Bertz CT molecular complexity index is 353. The number of aliphatic carboxylic acids is 1. The van der Waals surface area contributed by atoms with Crippen LogP contribution < -0.4 is 10.6 Å². The van der Waals surface area contributed by atoms with Crippen LogP contribution >= 0.6 is 11.3 Å². The third-order valence-corrected chi connectivity index (χ3v) is 2.37. The molecule has 15 heavy (non-hydrogen) atoms. The molecule has 0 spiro atoms. The molecule has 0 fully saturated rings. The van der Waals surface area contributed by atoms with Gasteiger partial charge in [-0.25, -0.2) is 9.78 Å². The minimum Gasteiger partial charge on any atom is -0.480 e. The number of carboxylic acid groups (broad SMARTS) is 2. The Labute approximate surface area is 88.8 Å². The van der Waals surface area contributed by atoms with Crippen molar-refractivity contribution in [3.05, 3.63) is 11.6 Å². The normalized spacial score (nSPS) is 12.1. The maximum atomic E-state index is 10.8. The largest absolute Gasteiger partial charge is 0.480 e. The molecule has 1 rings (SSSR count). The molecular weight excluding hydrogens is 222 g/mol. The minimum absolute atomic E-state index is 0.208. The Kier molecular flexibility index (Phi) is 3.58. The summed E-state index contributed by atoms with van der Waals surface area (Å²) in [4.78, 5) is 25.8. The smallest absolute Gasteiger partial charge is 0.413 e. The first-order valence-electron chi connectivity index (χ1n) is 3.90. The van der Waals surface area contributed by atoms with Gasteiger partial charge in [-0.3, -0.25) is 9.69 Å². The number of nitrogens with two attached hydrogens (primary N) is 1. The second-order valence-corrected chi connectivity index (χ2v) is 3.53. The maximum Gasteiger partial charge on any atom is 0.413 e. The van der Waals surface area contributed by atoms with Crippen molar-refractivity contribution >= 4 is 28.5 Å². The molecule has 0 aliphatic carbocycles. The minimum atomic E-state index is -1.28. The van der Waals surface area contributed by atoms with Crippen LogP contribution in [0.5, 0.6) is 0 Å². The molecular formula is C7H9N3O4S. The van der Waals surface area contributed by atoms with Gasteiger partial charge in [-0.05, 0) is 0 Å². The quantitative estimate of drug-likeness (QED) is 0.673. The fraction of sp³-hybridized carbons (Fsp3) is 0.286. The average Bonchev–Trinajstić information content (AvgIpc) is 2.65. The van der Waals surface area contributed by atoms with Crippen molar-refractivity contribution < 1.29 is 19.8 Å². The van der Waals surface area contributed by atoms with Crippen molar-refractivity contribution in [3.8, 4) is 0 Å². The van der Waals surface area contributed by atoms with E-state index < -0.39 is 18.1 Å². The molecule has 0 aromatic carbocycles. The first kappa shape index (κ1) is 11.4. The summed E-state index contributed by atoms with van der Waals surface area (Å²) in [5.74, 6) is -1.25. The molecule has 1 aromatic rings. The lowest BCUT2D eigenvalue weighted by Crippen LogP contribution is -2.44. The second-order valence-electron chi connectivity index (χ2n) is 2.65. The Morgan fingerprint density at radius 1 is 1.60 bits per heavy atom. The van der Waals surface area contributed by atoms with Gasteiger partial charge in [-0.2, -0.15) is 0 Å². The summed E-state index contributed by atoms with van der Waals surface area (Å²) in [6.45, 7) is -0.321. The maximum absolute atomic E-state index is 10.8. The third-order valence-electron chi connectivity index (χ3n) is 1.58. The predicted molar refractivity (Wildman–Crippen MR) is 53.1 cm³/mol. The molecule has 4 N–H and O–H groups in total. The van der Waals surface area contributed by atoms with Crippen molar-refractivity contribution in [2.45, 2.75) is 6.04 Å². The molecule has 1 atom stereocenters. The standard InChI is InChI=1S/C7H9N3O4S/c8-4(5(11)12)3-10(7(13)14)6-9-1-2-15-6/h1-2,4H,3,8H2,(H,11,12)(H,13,14). The molecule has 0 saturated heterocycles. The summed E-state index contributed by atoms with van der Waals surface area (Å²) in [5, 5.41) is 19.2. The topological polar surface area (TPSA) is 117 Å². The molecule has 82 valence electrons. The average molecular weight is 231 g/mol. The summed E-state index contributed by atoms with van der Waals surface area (Å²) in [5.41, 5.74) is 5.23. The summed E-state index contributed by atoms with van der Waals surface area (Å²) < 4.78 is 0. The molecule has 0 radical (unpaired) electrons. The van der Waals surface area contributed by atoms with Crippen molar-refractivity contribution in [1.29, 1.82) is 0 Å². The van der Waals surface area contributed by atoms with Crippen LogP contribution in [-0.2, 0) is 4.79 Å². The molecule has 8 heteroatoms. The highest BCUT2D eigenvalue weighted by Gasteiger charge is 2.23. The number of hydrogen-bond acceptors (Lipinski definition) is 5. The lowest BCUT2D eigenvalue weighted by Gasteiger charge is -2.17. The van der Waals surface area contributed by atoms with Gasteiger partial charge in [0, 0.05) is 11.6 Å². The first-order valence-corrected chi connectivity index (χ1v) is 4.78. The van der Waals surface area contributed by atoms with Gasteiger partial charge in [0.15, 0.2) is 5.13 Å².